The van der Waals surface area contributed by atoms with Crippen molar-refractivity contribution in [1.82, 2.24) is 5.32 Å². The molecule has 3 nitrogen and oxygen atoms in total. The first-order chi connectivity index (χ1) is 8.62. The van der Waals surface area contributed by atoms with Gasteiger partial charge in [0.1, 0.15) is 6.61 Å². The van der Waals surface area contributed by atoms with Gasteiger partial charge in [-0.05, 0) is 24.0 Å². The van der Waals surface area contributed by atoms with E-state index in [2.05, 4.69) is 16.7 Å². The van der Waals surface area contributed by atoms with Crippen LogP contribution in [0.15, 0.2) is 18.2 Å². The Morgan fingerprint density at radius 1 is 1.39 bits per heavy atom. The molecule has 1 aliphatic rings. The fourth-order valence-electron chi connectivity index (χ4n) is 2.16. The summed E-state index contributed by atoms with van der Waals surface area (Å²) < 4.78 is 25.7. The maximum Gasteiger partial charge on any atom is 0.282 e. The van der Waals surface area contributed by atoms with Gasteiger partial charge in [0.2, 0.25) is 0 Å². The molecule has 100 valence electrons. The molecule has 0 bridgehead atoms. The molecule has 0 unspecified atom stereocenters. The number of aryl methyl sites for hydroxylation is 1. The number of nitrogens with one attached hydrogen (secondary N) is 2. The van der Waals surface area contributed by atoms with E-state index in [1.807, 2.05) is 12.1 Å². The zero-order valence-electron chi connectivity index (χ0n) is 10.2. The van der Waals surface area contributed by atoms with Gasteiger partial charge in [0.05, 0.1) is 6.54 Å². The highest BCUT2D eigenvalue weighted by Gasteiger charge is 2.26. The van der Waals surface area contributed by atoms with Crippen molar-refractivity contribution in [3.63, 3.8) is 0 Å². The number of aliphatic hydroxyl groups is 1. The number of hydrogen-bond acceptors (Lipinski definition) is 3. The number of benzene rings is 1. The Balaban J connectivity index is 1.97. The van der Waals surface area contributed by atoms with Gasteiger partial charge in [-0.15, -0.1) is 0 Å². The standard InChI is InChI=1S/C13H18F2N2O/c14-13(15,9-18)8-16-7-11-4-1-3-10-5-2-6-17-12(10)11/h1,3-4,16-18H,2,5-9H2. The van der Waals surface area contributed by atoms with Gasteiger partial charge < -0.3 is 15.7 Å². The van der Waals surface area contributed by atoms with Crippen LogP contribution in [0.4, 0.5) is 14.5 Å². The average molecular weight is 256 g/mol. The lowest BCUT2D eigenvalue weighted by Crippen LogP contribution is -2.35. The molecule has 0 radical (unpaired) electrons. The average Bonchev–Trinajstić information content (AvgIpc) is 2.39. The maximum atomic E-state index is 12.9. The van der Waals surface area contributed by atoms with Crippen LogP contribution in [-0.2, 0) is 13.0 Å². The van der Waals surface area contributed by atoms with Crippen molar-refractivity contribution in [3.8, 4) is 0 Å². The minimum atomic E-state index is -3.05. The molecule has 0 saturated heterocycles. The Labute approximate surface area is 105 Å². The zero-order valence-corrected chi connectivity index (χ0v) is 10.2. The second-order valence-electron chi connectivity index (χ2n) is 4.60. The SMILES string of the molecule is OCC(F)(F)CNCc1cccc2c1NCCC2. The van der Waals surface area contributed by atoms with Gasteiger partial charge in [-0.1, -0.05) is 18.2 Å². The van der Waals surface area contributed by atoms with Crippen LogP contribution in [0.2, 0.25) is 0 Å². The first-order valence-electron chi connectivity index (χ1n) is 6.16. The van der Waals surface area contributed by atoms with E-state index in [0.29, 0.717) is 6.54 Å². The van der Waals surface area contributed by atoms with Crippen molar-refractivity contribution in [2.75, 3.05) is 25.0 Å². The van der Waals surface area contributed by atoms with Crippen molar-refractivity contribution in [2.45, 2.75) is 25.3 Å². The largest absolute Gasteiger partial charge is 0.390 e. The maximum absolute atomic E-state index is 12.9. The Morgan fingerprint density at radius 3 is 3.00 bits per heavy atom. The summed E-state index contributed by atoms with van der Waals surface area (Å²) in [5.41, 5.74) is 3.32. The molecule has 1 heterocycles. The molecule has 0 aromatic heterocycles. The van der Waals surface area contributed by atoms with Crippen LogP contribution in [0.3, 0.4) is 0 Å². The molecule has 1 aromatic rings. The molecule has 0 fully saturated rings. The van der Waals surface area contributed by atoms with Crippen molar-refractivity contribution in [1.29, 1.82) is 0 Å². The first kappa shape index (κ1) is 13.2. The second kappa shape index (κ2) is 5.63. The number of aliphatic hydroxyl groups excluding tert-OH is 1. The van der Waals surface area contributed by atoms with Crippen LogP contribution >= 0.6 is 0 Å². The number of anilines is 1. The smallest absolute Gasteiger partial charge is 0.282 e. The molecule has 18 heavy (non-hydrogen) atoms. The van der Waals surface area contributed by atoms with E-state index < -0.39 is 19.1 Å². The molecule has 1 aliphatic heterocycles. The lowest BCUT2D eigenvalue weighted by molar-refractivity contribution is -0.0477. The predicted molar refractivity (Wildman–Crippen MR) is 67.0 cm³/mol. The van der Waals surface area contributed by atoms with Gasteiger partial charge in [-0.25, -0.2) is 8.78 Å². The van der Waals surface area contributed by atoms with Crippen molar-refractivity contribution in [3.05, 3.63) is 29.3 Å². The third-order valence-electron chi connectivity index (χ3n) is 3.09. The highest BCUT2D eigenvalue weighted by atomic mass is 19.3. The van der Waals surface area contributed by atoms with Crippen molar-refractivity contribution >= 4 is 5.69 Å². The van der Waals surface area contributed by atoms with Crippen LogP contribution < -0.4 is 10.6 Å². The predicted octanol–water partition coefficient (Wildman–Crippen LogP) is 1.76. The summed E-state index contributed by atoms with van der Waals surface area (Å²) in [4.78, 5) is 0. The number of rotatable bonds is 5. The van der Waals surface area contributed by atoms with E-state index in [-0.39, 0.29) is 0 Å². The minimum absolute atomic E-state index is 0.381. The Bertz CT molecular complexity index is 410. The van der Waals surface area contributed by atoms with E-state index in [1.165, 1.54) is 5.56 Å². The quantitative estimate of drug-likeness (QED) is 0.752. The molecule has 5 heteroatoms. The van der Waals surface area contributed by atoms with Crippen LogP contribution in [0.5, 0.6) is 0 Å². The summed E-state index contributed by atoms with van der Waals surface area (Å²) in [6.45, 7) is -0.319. The number of alkyl halides is 2. The number of hydrogen-bond donors (Lipinski definition) is 3. The molecule has 0 amide bonds. The topological polar surface area (TPSA) is 44.3 Å². The molecule has 0 atom stereocenters. The number of fused-ring (bicyclic) bond motifs is 1. The third-order valence-corrected chi connectivity index (χ3v) is 3.09. The molecule has 1 aromatic carbocycles. The van der Waals surface area contributed by atoms with Gasteiger partial charge in [-0.2, -0.15) is 0 Å². The Hall–Kier alpha value is -1.20. The normalized spacial score (nSPS) is 15.1. The summed E-state index contributed by atoms with van der Waals surface area (Å²) >= 11 is 0. The van der Waals surface area contributed by atoms with Crippen LogP contribution in [0.25, 0.3) is 0 Å². The lowest BCUT2D eigenvalue weighted by atomic mass is 9.99. The van der Waals surface area contributed by atoms with Gasteiger partial charge in [-0.3, -0.25) is 0 Å². The monoisotopic (exact) mass is 256 g/mol. The van der Waals surface area contributed by atoms with Crippen LogP contribution in [0.1, 0.15) is 17.5 Å². The summed E-state index contributed by atoms with van der Waals surface area (Å²) in [5.74, 6) is -3.05. The molecular weight excluding hydrogens is 238 g/mol. The van der Waals surface area contributed by atoms with E-state index >= 15 is 0 Å². The summed E-state index contributed by atoms with van der Waals surface area (Å²) in [6.07, 6.45) is 2.13. The Morgan fingerprint density at radius 2 is 2.22 bits per heavy atom. The van der Waals surface area contributed by atoms with Crippen LogP contribution in [0, 0.1) is 0 Å². The highest BCUT2D eigenvalue weighted by molar-refractivity contribution is 5.59. The van der Waals surface area contributed by atoms with Gasteiger partial charge >= 0.3 is 0 Å². The van der Waals surface area contributed by atoms with Crippen molar-refractivity contribution < 1.29 is 13.9 Å². The first-order valence-corrected chi connectivity index (χ1v) is 6.16. The van der Waals surface area contributed by atoms with E-state index in [1.54, 1.807) is 0 Å². The third kappa shape index (κ3) is 3.17. The fraction of sp³-hybridized carbons (Fsp3) is 0.538. The fourth-order valence-corrected chi connectivity index (χ4v) is 2.16. The number of halogens is 2. The molecular formula is C13H18F2N2O. The van der Waals surface area contributed by atoms with E-state index in [9.17, 15) is 8.78 Å². The van der Waals surface area contributed by atoms with E-state index in [0.717, 1.165) is 30.6 Å². The van der Waals surface area contributed by atoms with E-state index in [4.69, 9.17) is 5.11 Å². The molecule has 0 spiro atoms. The molecule has 2 rings (SSSR count). The minimum Gasteiger partial charge on any atom is -0.390 e. The summed E-state index contributed by atoms with van der Waals surface area (Å²) in [7, 11) is 0. The van der Waals surface area contributed by atoms with Gasteiger partial charge in [0.15, 0.2) is 0 Å². The van der Waals surface area contributed by atoms with Crippen LogP contribution in [-0.4, -0.2) is 30.7 Å². The highest BCUT2D eigenvalue weighted by Crippen LogP contribution is 2.26. The summed E-state index contributed by atoms with van der Waals surface area (Å²) in [5, 5.41) is 14.5. The molecule has 3 N–H and O–H groups in total. The zero-order chi connectivity index (χ0) is 13.0. The lowest BCUT2D eigenvalue weighted by Gasteiger charge is -2.22. The Kier molecular flexibility index (Phi) is 4.14. The number of para-hydroxylation sites is 1. The van der Waals surface area contributed by atoms with Crippen molar-refractivity contribution in [2.24, 2.45) is 0 Å². The molecule has 0 saturated carbocycles. The second-order valence-corrected chi connectivity index (χ2v) is 4.60. The summed E-state index contributed by atoms with van der Waals surface area (Å²) in [6, 6.07) is 5.95. The van der Waals surface area contributed by atoms with Gasteiger partial charge in [0.25, 0.3) is 5.92 Å². The molecule has 0 aliphatic carbocycles. The van der Waals surface area contributed by atoms with Gasteiger partial charge in [0, 0.05) is 18.8 Å².